The van der Waals surface area contributed by atoms with Crippen LogP contribution >= 0.6 is 11.6 Å². The monoisotopic (exact) mass is 232 g/mol. The van der Waals surface area contributed by atoms with Crippen LogP contribution in [0, 0.1) is 18.3 Å². The van der Waals surface area contributed by atoms with Crippen molar-refractivity contribution < 1.29 is 4.74 Å². The van der Waals surface area contributed by atoms with E-state index in [2.05, 4.69) is 11.1 Å². The van der Waals surface area contributed by atoms with Crippen LogP contribution in [-0.2, 0) is 0 Å². The number of aryl methyl sites for hydroxylation is 1. The van der Waals surface area contributed by atoms with Crippen molar-refractivity contribution in [2.45, 2.75) is 6.92 Å². The van der Waals surface area contributed by atoms with Gasteiger partial charge in [0.25, 0.3) is 0 Å². The molecule has 0 radical (unpaired) electrons. The van der Waals surface area contributed by atoms with Gasteiger partial charge < -0.3 is 4.74 Å². The molecule has 0 N–H and O–H groups in total. The summed E-state index contributed by atoms with van der Waals surface area (Å²) in [7, 11) is 1.53. The van der Waals surface area contributed by atoms with Gasteiger partial charge in [-0.25, -0.2) is 0 Å². The maximum atomic E-state index is 9.12. The minimum Gasteiger partial charge on any atom is -0.495 e. The highest BCUT2D eigenvalue weighted by atomic mass is 35.5. The van der Waals surface area contributed by atoms with Crippen LogP contribution in [0.15, 0.2) is 18.2 Å². The Morgan fingerprint density at radius 1 is 1.44 bits per heavy atom. The van der Waals surface area contributed by atoms with Gasteiger partial charge in [-0.15, -0.1) is 0 Å². The zero-order chi connectivity index (χ0) is 11.7. The number of aromatic nitrogens is 1. The third-order valence-electron chi connectivity index (χ3n) is 2.35. The number of benzene rings is 1. The molecule has 1 heterocycles. The first-order valence-corrected chi connectivity index (χ1v) is 5.09. The Balaban J connectivity index is 2.93. The molecule has 0 amide bonds. The number of halogens is 1. The molecule has 0 saturated carbocycles. The Morgan fingerprint density at radius 2 is 2.19 bits per heavy atom. The third-order valence-corrected chi connectivity index (χ3v) is 2.65. The van der Waals surface area contributed by atoms with Gasteiger partial charge >= 0.3 is 0 Å². The molecule has 3 nitrogen and oxygen atoms in total. The lowest BCUT2D eigenvalue weighted by atomic mass is 10.1. The molecule has 0 saturated heterocycles. The van der Waals surface area contributed by atoms with Crippen LogP contribution in [0.4, 0.5) is 0 Å². The van der Waals surface area contributed by atoms with Gasteiger partial charge in [0.1, 0.15) is 17.4 Å². The minimum atomic E-state index is 0.428. The van der Waals surface area contributed by atoms with E-state index in [-0.39, 0.29) is 0 Å². The summed E-state index contributed by atoms with van der Waals surface area (Å²) in [6.45, 7) is 1.86. The van der Waals surface area contributed by atoms with Gasteiger partial charge in [0, 0.05) is 11.1 Å². The topological polar surface area (TPSA) is 45.9 Å². The first-order chi connectivity index (χ1) is 7.67. The number of hydrogen-bond donors (Lipinski definition) is 0. The summed E-state index contributed by atoms with van der Waals surface area (Å²) in [5.41, 5.74) is 1.96. The highest BCUT2D eigenvalue weighted by Gasteiger charge is 2.12. The van der Waals surface area contributed by atoms with E-state index in [0.29, 0.717) is 27.2 Å². The van der Waals surface area contributed by atoms with Gasteiger partial charge in [0.15, 0.2) is 0 Å². The summed E-state index contributed by atoms with van der Waals surface area (Å²) >= 11 is 6.13. The van der Waals surface area contributed by atoms with Crippen molar-refractivity contribution in [2.24, 2.45) is 0 Å². The molecule has 16 heavy (non-hydrogen) atoms. The molecule has 4 heteroatoms. The fraction of sp³-hybridized carbons (Fsp3) is 0.167. The Morgan fingerprint density at radius 3 is 2.81 bits per heavy atom. The van der Waals surface area contributed by atoms with Crippen molar-refractivity contribution in [3.05, 3.63) is 34.5 Å². The van der Waals surface area contributed by atoms with Crippen LogP contribution in [0.5, 0.6) is 5.75 Å². The Labute approximate surface area is 98.2 Å². The molecule has 1 aromatic carbocycles. The molecule has 0 aliphatic heterocycles. The first-order valence-electron chi connectivity index (χ1n) is 4.71. The molecule has 0 unspecified atom stereocenters. The third kappa shape index (κ3) is 1.58. The molecule has 1 aromatic heterocycles. The smallest absolute Gasteiger partial charge is 0.137 e. The molecule has 0 fully saturated rings. The molecule has 2 rings (SSSR count). The highest BCUT2D eigenvalue weighted by molar-refractivity contribution is 6.35. The second kappa shape index (κ2) is 3.99. The number of hydrogen-bond acceptors (Lipinski definition) is 3. The zero-order valence-corrected chi connectivity index (χ0v) is 9.67. The van der Waals surface area contributed by atoms with Gasteiger partial charge in [-0.3, -0.25) is 4.98 Å². The Bertz CT molecular complexity index is 602. The van der Waals surface area contributed by atoms with Crippen LogP contribution in [0.3, 0.4) is 0 Å². The van der Waals surface area contributed by atoms with E-state index in [4.69, 9.17) is 21.6 Å². The van der Waals surface area contributed by atoms with E-state index in [1.807, 2.05) is 6.92 Å². The van der Waals surface area contributed by atoms with E-state index in [9.17, 15) is 0 Å². The van der Waals surface area contributed by atoms with E-state index in [1.54, 1.807) is 18.2 Å². The minimum absolute atomic E-state index is 0.428. The summed E-state index contributed by atoms with van der Waals surface area (Å²) in [4.78, 5) is 4.33. The van der Waals surface area contributed by atoms with Gasteiger partial charge in [0.2, 0.25) is 0 Å². The largest absolute Gasteiger partial charge is 0.495 e. The Hall–Kier alpha value is -1.79. The molecule has 2 aromatic rings. The van der Waals surface area contributed by atoms with Crippen LogP contribution in [0.1, 0.15) is 11.3 Å². The molecule has 80 valence electrons. The molecule has 0 atom stereocenters. The molecule has 0 spiro atoms. The lowest BCUT2D eigenvalue weighted by molar-refractivity contribution is 0.414. The maximum absolute atomic E-state index is 9.12. The standard InChI is InChI=1S/C12H9ClN2O/c1-7-5-9(13)12-8(6-14)11(16-2)4-3-10(12)15-7/h3-5H,1-2H3. The number of ether oxygens (including phenoxy) is 1. The molecular formula is C12H9ClN2O. The SMILES string of the molecule is COc1ccc2nc(C)cc(Cl)c2c1C#N. The van der Waals surface area contributed by atoms with Crippen molar-refractivity contribution in [2.75, 3.05) is 7.11 Å². The van der Waals surface area contributed by atoms with E-state index >= 15 is 0 Å². The fourth-order valence-corrected chi connectivity index (χ4v) is 2.02. The summed E-state index contributed by atoms with van der Waals surface area (Å²) in [5, 5.41) is 10.3. The number of rotatable bonds is 1. The lowest BCUT2D eigenvalue weighted by Gasteiger charge is -2.07. The summed E-state index contributed by atoms with van der Waals surface area (Å²) in [6.07, 6.45) is 0. The average Bonchev–Trinajstić information content (AvgIpc) is 2.27. The second-order valence-electron chi connectivity index (χ2n) is 3.39. The van der Waals surface area contributed by atoms with Gasteiger partial charge in [0.05, 0.1) is 17.6 Å². The number of methoxy groups -OCH3 is 1. The second-order valence-corrected chi connectivity index (χ2v) is 3.80. The van der Waals surface area contributed by atoms with Crippen molar-refractivity contribution in [1.82, 2.24) is 4.98 Å². The van der Waals surface area contributed by atoms with Gasteiger partial charge in [-0.2, -0.15) is 5.26 Å². The number of nitriles is 1. The van der Waals surface area contributed by atoms with Crippen molar-refractivity contribution in [3.8, 4) is 11.8 Å². The zero-order valence-electron chi connectivity index (χ0n) is 8.91. The molecule has 0 aliphatic carbocycles. The van der Waals surface area contributed by atoms with Gasteiger partial charge in [-0.1, -0.05) is 11.6 Å². The summed E-state index contributed by atoms with van der Waals surface area (Å²) in [5.74, 6) is 0.516. The van der Waals surface area contributed by atoms with Crippen LogP contribution in [-0.4, -0.2) is 12.1 Å². The van der Waals surface area contributed by atoms with E-state index in [1.165, 1.54) is 7.11 Å². The number of fused-ring (bicyclic) bond motifs is 1. The molecule has 0 aliphatic rings. The van der Waals surface area contributed by atoms with E-state index in [0.717, 1.165) is 5.69 Å². The van der Waals surface area contributed by atoms with E-state index < -0.39 is 0 Å². The van der Waals surface area contributed by atoms with Crippen molar-refractivity contribution in [3.63, 3.8) is 0 Å². The lowest BCUT2D eigenvalue weighted by Crippen LogP contribution is -1.92. The first kappa shape index (κ1) is 10.7. The summed E-state index contributed by atoms with van der Waals surface area (Å²) in [6, 6.07) is 7.37. The van der Waals surface area contributed by atoms with Crippen molar-refractivity contribution >= 4 is 22.5 Å². The fourth-order valence-electron chi connectivity index (χ4n) is 1.67. The average molecular weight is 233 g/mol. The predicted octanol–water partition coefficient (Wildman–Crippen LogP) is 3.08. The van der Waals surface area contributed by atoms with Crippen LogP contribution < -0.4 is 4.74 Å². The number of pyridine rings is 1. The predicted molar refractivity (Wildman–Crippen MR) is 62.8 cm³/mol. The van der Waals surface area contributed by atoms with Crippen molar-refractivity contribution in [1.29, 1.82) is 5.26 Å². The normalized spacial score (nSPS) is 10.1. The van der Waals surface area contributed by atoms with Gasteiger partial charge in [-0.05, 0) is 25.1 Å². The highest BCUT2D eigenvalue weighted by Crippen LogP contribution is 2.31. The van der Waals surface area contributed by atoms with Crippen LogP contribution in [0.25, 0.3) is 10.9 Å². The Kier molecular flexibility index (Phi) is 2.67. The maximum Gasteiger partial charge on any atom is 0.137 e. The molecule has 0 bridgehead atoms. The number of nitrogens with zero attached hydrogens (tertiary/aromatic N) is 2. The summed E-state index contributed by atoms with van der Waals surface area (Å²) < 4.78 is 5.12. The molecular weight excluding hydrogens is 224 g/mol. The quantitative estimate of drug-likeness (QED) is 0.759. The van der Waals surface area contributed by atoms with Crippen LogP contribution in [0.2, 0.25) is 5.02 Å².